The lowest BCUT2D eigenvalue weighted by Gasteiger charge is -2.39. The van der Waals surface area contributed by atoms with E-state index in [9.17, 15) is 24.9 Å². The van der Waals surface area contributed by atoms with Crippen molar-refractivity contribution < 1.29 is 34.0 Å². The second-order valence-corrected chi connectivity index (χ2v) is 7.83. The molecule has 1 aliphatic heterocycles. The Hall–Kier alpha value is -3.94. The Kier molecular flexibility index (Phi) is 4.85. The van der Waals surface area contributed by atoms with Crippen LogP contribution in [0.2, 0.25) is 0 Å². The number of aromatic hydroxyl groups is 3. The first-order valence-corrected chi connectivity index (χ1v) is 9.52. The summed E-state index contributed by atoms with van der Waals surface area (Å²) in [5.41, 5.74) is 0.254. The fraction of sp³-hybridized carbons (Fsp3) is 0.217. The number of phenolic OH excluding ortho intramolecular Hbond substituents is 3. The number of carbonyl (C=O) groups is 1. The molecule has 8 nitrogen and oxygen atoms in total. The minimum absolute atomic E-state index is 0.308. The van der Waals surface area contributed by atoms with Gasteiger partial charge in [0.05, 0.1) is 0 Å². The molecule has 2 aromatic carbocycles. The summed E-state index contributed by atoms with van der Waals surface area (Å²) in [6, 6.07) is 8.90. The average molecular weight is 424 g/mol. The standard InChI is InChI=1S/C23H20O8/c1-23(2)19(30-21(27)5-3-12-7-15(24)22(28)16(25)8-12)10-14-9-13-4-6-20(26)29-17(13)11-18(14)31-23/h3-9,11,19,24-25,28H,10H2,1-2H3/b5-3+. The highest BCUT2D eigenvalue weighted by molar-refractivity contribution is 5.87. The Labute approximate surface area is 176 Å². The van der Waals surface area contributed by atoms with Crippen molar-refractivity contribution in [3.8, 4) is 23.0 Å². The fourth-order valence-electron chi connectivity index (χ4n) is 3.44. The molecule has 3 N–H and O–H groups in total. The maximum atomic E-state index is 12.4. The van der Waals surface area contributed by atoms with E-state index in [1.165, 1.54) is 24.3 Å². The largest absolute Gasteiger partial charge is 0.504 e. The number of phenols is 3. The minimum atomic E-state index is -0.839. The van der Waals surface area contributed by atoms with Crippen LogP contribution in [0.25, 0.3) is 17.0 Å². The molecule has 4 rings (SSSR count). The van der Waals surface area contributed by atoms with Crippen molar-refractivity contribution in [1.29, 1.82) is 0 Å². The smallest absolute Gasteiger partial charge is 0.336 e. The van der Waals surface area contributed by atoms with Crippen molar-refractivity contribution in [2.75, 3.05) is 0 Å². The molecule has 3 aromatic rings. The lowest BCUT2D eigenvalue weighted by Crippen LogP contribution is -2.48. The SMILES string of the molecule is CC1(C)Oc2cc3oc(=O)ccc3cc2CC1OC(=O)/C=C/c1cc(O)c(O)c(O)c1. The van der Waals surface area contributed by atoms with E-state index in [1.807, 2.05) is 6.07 Å². The topological polar surface area (TPSA) is 126 Å². The first-order chi connectivity index (χ1) is 14.6. The molecule has 0 saturated carbocycles. The fourth-order valence-corrected chi connectivity index (χ4v) is 3.44. The zero-order valence-corrected chi connectivity index (χ0v) is 16.8. The molecule has 8 heteroatoms. The predicted octanol–water partition coefficient (Wildman–Crippen LogP) is 3.25. The first kappa shape index (κ1) is 20.3. The molecular formula is C23H20O8. The van der Waals surface area contributed by atoms with Gasteiger partial charge < -0.3 is 29.2 Å². The number of benzene rings is 2. The molecule has 1 unspecified atom stereocenters. The molecule has 0 saturated heterocycles. The van der Waals surface area contributed by atoms with E-state index < -0.39 is 40.5 Å². The molecule has 0 radical (unpaired) electrons. The van der Waals surface area contributed by atoms with Crippen LogP contribution in [0.1, 0.15) is 25.0 Å². The van der Waals surface area contributed by atoms with Crippen molar-refractivity contribution in [2.24, 2.45) is 0 Å². The molecule has 31 heavy (non-hydrogen) atoms. The monoisotopic (exact) mass is 424 g/mol. The van der Waals surface area contributed by atoms with E-state index in [0.29, 0.717) is 23.3 Å². The first-order valence-electron chi connectivity index (χ1n) is 9.52. The van der Waals surface area contributed by atoms with Gasteiger partial charge in [0.15, 0.2) is 17.2 Å². The van der Waals surface area contributed by atoms with Crippen LogP contribution in [0.4, 0.5) is 0 Å². The summed E-state index contributed by atoms with van der Waals surface area (Å²) in [4.78, 5) is 23.8. The predicted molar refractivity (Wildman–Crippen MR) is 111 cm³/mol. The Morgan fingerprint density at radius 3 is 2.55 bits per heavy atom. The minimum Gasteiger partial charge on any atom is -0.504 e. The van der Waals surface area contributed by atoms with Gasteiger partial charge in [-0.25, -0.2) is 9.59 Å². The van der Waals surface area contributed by atoms with Crippen LogP contribution >= 0.6 is 0 Å². The molecule has 0 spiro atoms. The molecule has 0 bridgehead atoms. The molecule has 1 aliphatic rings. The van der Waals surface area contributed by atoms with Crippen LogP contribution in [-0.2, 0) is 16.0 Å². The van der Waals surface area contributed by atoms with Crippen LogP contribution in [0.3, 0.4) is 0 Å². The van der Waals surface area contributed by atoms with Crippen LogP contribution in [-0.4, -0.2) is 33.0 Å². The number of carbonyl (C=O) groups excluding carboxylic acids is 1. The number of hydrogen-bond donors (Lipinski definition) is 3. The van der Waals surface area contributed by atoms with Gasteiger partial charge in [0.2, 0.25) is 0 Å². The molecule has 0 amide bonds. The summed E-state index contributed by atoms with van der Waals surface area (Å²) in [7, 11) is 0. The average Bonchev–Trinajstić information content (AvgIpc) is 2.69. The van der Waals surface area contributed by atoms with Gasteiger partial charge in [-0.3, -0.25) is 0 Å². The van der Waals surface area contributed by atoms with E-state index in [-0.39, 0.29) is 0 Å². The highest BCUT2D eigenvalue weighted by Crippen LogP contribution is 2.38. The van der Waals surface area contributed by atoms with Gasteiger partial charge in [-0.15, -0.1) is 0 Å². The third-order valence-electron chi connectivity index (χ3n) is 5.12. The lowest BCUT2D eigenvalue weighted by molar-refractivity contribution is -0.155. The normalized spacial score (nSPS) is 17.3. The summed E-state index contributed by atoms with van der Waals surface area (Å²) in [5, 5.41) is 29.2. The third-order valence-corrected chi connectivity index (χ3v) is 5.12. The maximum absolute atomic E-state index is 12.4. The molecular weight excluding hydrogens is 404 g/mol. The molecule has 2 heterocycles. The highest BCUT2D eigenvalue weighted by Gasteiger charge is 2.39. The highest BCUT2D eigenvalue weighted by atomic mass is 16.6. The number of rotatable bonds is 3. The zero-order valence-electron chi connectivity index (χ0n) is 16.8. The van der Waals surface area contributed by atoms with Crippen molar-refractivity contribution in [3.63, 3.8) is 0 Å². The van der Waals surface area contributed by atoms with Crippen LogP contribution < -0.4 is 10.4 Å². The van der Waals surface area contributed by atoms with Gasteiger partial charge >= 0.3 is 11.6 Å². The quantitative estimate of drug-likeness (QED) is 0.253. The van der Waals surface area contributed by atoms with E-state index >= 15 is 0 Å². The van der Waals surface area contributed by atoms with Crippen LogP contribution in [0.5, 0.6) is 23.0 Å². The van der Waals surface area contributed by atoms with Gasteiger partial charge in [0.25, 0.3) is 0 Å². The number of fused-ring (bicyclic) bond motifs is 2. The van der Waals surface area contributed by atoms with E-state index in [2.05, 4.69) is 0 Å². The van der Waals surface area contributed by atoms with E-state index in [4.69, 9.17) is 13.9 Å². The Morgan fingerprint density at radius 1 is 1.13 bits per heavy atom. The molecule has 1 atom stereocenters. The Balaban J connectivity index is 1.54. The maximum Gasteiger partial charge on any atom is 0.336 e. The van der Waals surface area contributed by atoms with Crippen LogP contribution in [0, 0.1) is 0 Å². The van der Waals surface area contributed by atoms with Crippen molar-refractivity contribution in [2.45, 2.75) is 32.0 Å². The molecule has 1 aromatic heterocycles. The Morgan fingerprint density at radius 2 is 1.84 bits per heavy atom. The third kappa shape index (κ3) is 4.05. The summed E-state index contributed by atoms with van der Waals surface area (Å²) >= 11 is 0. The summed E-state index contributed by atoms with van der Waals surface area (Å²) in [6.07, 6.45) is 2.32. The van der Waals surface area contributed by atoms with E-state index in [0.717, 1.165) is 17.0 Å². The second kappa shape index (κ2) is 7.39. The summed E-state index contributed by atoms with van der Waals surface area (Å²) in [5.74, 6) is -1.72. The lowest BCUT2D eigenvalue weighted by atomic mass is 9.90. The van der Waals surface area contributed by atoms with Crippen molar-refractivity contribution >= 4 is 23.0 Å². The summed E-state index contributed by atoms with van der Waals surface area (Å²) < 4.78 is 16.8. The molecule has 0 fully saturated rings. The van der Waals surface area contributed by atoms with Crippen molar-refractivity contribution in [3.05, 3.63) is 64.0 Å². The van der Waals surface area contributed by atoms with Gasteiger partial charge in [-0.05, 0) is 55.3 Å². The van der Waals surface area contributed by atoms with Gasteiger partial charge in [0.1, 0.15) is 23.0 Å². The molecule has 160 valence electrons. The zero-order chi connectivity index (χ0) is 22.3. The second-order valence-electron chi connectivity index (χ2n) is 7.83. The summed E-state index contributed by atoms with van der Waals surface area (Å²) in [6.45, 7) is 3.58. The van der Waals surface area contributed by atoms with Crippen LogP contribution in [0.15, 0.2) is 51.7 Å². The van der Waals surface area contributed by atoms with E-state index in [1.54, 1.807) is 26.0 Å². The van der Waals surface area contributed by atoms with Gasteiger partial charge in [-0.2, -0.15) is 0 Å². The Bertz CT molecular complexity index is 1250. The molecule has 0 aliphatic carbocycles. The van der Waals surface area contributed by atoms with Gasteiger partial charge in [-0.1, -0.05) is 0 Å². The van der Waals surface area contributed by atoms with Crippen molar-refractivity contribution in [1.82, 2.24) is 0 Å². The number of hydrogen-bond acceptors (Lipinski definition) is 8. The number of ether oxygens (including phenoxy) is 2. The number of esters is 1. The van der Waals surface area contributed by atoms with Gasteiger partial charge in [0, 0.05) is 30.0 Å².